The third-order valence-electron chi connectivity index (χ3n) is 3.81. The van der Waals surface area contributed by atoms with Crippen molar-refractivity contribution in [3.05, 3.63) is 53.2 Å². The fourth-order valence-electron chi connectivity index (χ4n) is 2.34. The van der Waals surface area contributed by atoms with Crippen LogP contribution in [0.15, 0.2) is 36.4 Å². The van der Waals surface area contributed by atoms with E-state index in [1.807, 2.05) is 0 Å². The number of alkyl halides is 3. The summed E-state index contributed by atoms with van der Waals surface area (Å²) in [6.45, 7) is -0.141. The number of amides is 1. The van der Waals surface area contributed by atoms with Crippen LogP contribution in [0.25, 0.3) is 0 Å². The first kappa shape index (κ1) is 25.7. The molecule has 2 rings (SSSR count). The highest BCUT2D eigenvalue weighted by molar-refractivity contribution is 5.95. The Bertz CT molecular complexity index is 977. The van der Waals surface area contributed by atoms with Crippen molar-refractivity contribution in [3.63, 3.8) is 0 Å². The topological polar surface area (TPSA) is 104 Å². The number of carbonyl (C=O) groups is 2. The van der Waals surface area contributed by atoms with Crippen LogP contribution in [-0.2, 0) is 22.3 Å². The van der Waals surface area contributed by atoms with Crippen LogP contribution in [0, 0.1) is 12.3 Å². The van der Waals surface area contributed by atoms with E-state index in [4.69, 9.17) is 16.9 Å². The molecule has 1 heterocycles. The lowest BCUT2D eigenvalue weighted by atomic mass is 10.1. The van der Waals surface area contributed by atoms with E-state index in [-0.39, 0.29) is 48.1 Å². The SMILES string of the molecule is C#C[C@@H](CC(=O)OC)NC(=O)c1cccc(Oc2cc(CN)cc(C(F)(F)F)n2)c1.Cl. The number of halogens is 4. The van der Waals surface area contributed by atoms with E-state index in [0.29, 0.717) is 0 Å². The molecular formula is C20H19ClF3N3O4. The third kappa shape index (κ3) is 7.47. The minimum absolute atomic E-state index is 0. The first-order valence-corrected chi connectivity index (χ1v) is 8.56. The first-order chi connectivity index (χ1) is 14.2. The number of nitrogens with two attached hydrogens (primary N) is 1. The van der Waals surface area contributed by atoms with E-state index in [1.54, 1.807) is 0 Å². The molecule has 31 heavy (non-hydrogen) atoms. The molecule has 0 aliphatic rings. The fourth-order valence-corrected chi connectivity index (χ4v) is 2.34. The molecule has 3 N–H and O–H groups in total. The monoisotopic (exact) mass is 457 g/mol. The van der Waals surface area contributed by atoms with Crippen LogP contribution in [0.2, 0.25) is 0 Å². The summed E-state index contributed by atoms with van der Waals surface area (Å²) in [4.78, 5) is 27.1. The van der Waals surface area contributed by atoms with Crippen molar-refractivity contribution >= 4 is 24.3 Å². The van der Waals surface area contributed by atoms with Crippen molar-refractivity contribution in [2.75, 3.05) is 7.11 Å². The van der Waals surface area contributed by atoms with Crippen LogP contribution in [0.4, 0.5) is 13.2 Å². The highest BCUT2D eigenvalue weighted by Crippen LogP contribution is 2.31. The molecule has 0 radical (unpaired) electrons. The maximum Gasteiger partial charge on any atom is 0.433 e. The summed E-state index contributed by atoms with van der Waals surface area (Å²) in [5.41, 5.74) is 4.59. The van der Waals surface area contributed by atoms with Crippen LogP contribution < -0.4 is 15.8 Å². The van der Waals surface area contributed by atoms with Crippen molar-refractivity contribution in [1.29, 1.82) is 0 Å². The maximum atomic E-state index is 13.0. The maximum absolute atomic E-state index is 13.0. The molecule has 0 fully saturated rings. The van der Waals surface area contributed by atoms with Gasteiger partial charge in [0.25, 0.3) is 5.91 Å². The van der Waals surface area contributed by atoms with E-state index < -0.39 is 29.8 Å². The molecule has 1 aromatic heterocycles. The van der Waals surface area contributed by atoms with E-state index in [2.05, 4.69) is 21.0 Å². The molecule has 0 saturated heterocycles. The van der Waals surface area contributed by atoms with Gasteiger partial charge in [0.05, 0.1) is 13.5 Å². The smallest absolute Gasteiger partial charge is 0.433 e. The molecule has 11 heteroatoms. The molecule has 0 unspecified atom stereocenters. The molecular weight excluding hydrogens is 439 g/mol. The molecule has 1 amide bonds. The Balaban J connectivity index is 0.00000480. The van der Waals surface area contributed by atoms with E-state index in [1.165, 1.54) is 37.4 Å². The summed E-state index contributed by atoms with van der Waals surface area (Å²) in [5.74, 6) is 0.811. The van der Waals surface area contributed by atoms with Crippen molar-refractivity contribution in [3.8, 4) is 24.0 Å². The number of benzene rings is 1. The largest absolute Gasteiger partial charge is 0.469 e. The number of pyridine rings is 1. The van der Waals surface area contributed by atoms with Crippen LogP contribution in [0.3, 0.4) is 0 Å². The van der Waals surface area contributed by atoms with Gasteiger partial charge in [-0.2, -0.15) is 13.2 Å². The Labute approximate surface area is 182 Å². The second-order valence-corrected chi connectivity index (χ2v) is 6.00. The zero-order valence-electron chi connectivity index (χ0n) is 16.2. The third-order valence-corrected chi connectivity index (χ3v) is 3.81. The number of esters is 1. The van der Waals surface area contributed by atoms with Gasteiger partial charge in [0.1, 0.15) is 17.5 Å². The zero-order chi connectivity index (χ0) is 22.3. The van der Waals surface area contributed by atoms with Crippen LogP contribution in [0.5, 0.6) is 11.6 Å². The van der Waals surface area contributed by atoms with Crippen LogP contribution in [-0.4, -0.2) is 30.0 Å². The Hall–Kier alpha value is -3.29. The van der Waals surface area contributed by atoms with Crippen molar-refractivity contribution in [2.24, 2.45) is 5.73 Å². The number of hydrogen-bond acceptors (Lipinski definition) is 6. The van der Waals surface area contributed by atoms with E-state index in [0.717, 1.165) is 6.07 Å². The lowest BCUT2D eigenvalue weighted by molar-refractivity contribution is -0.142. The number of nitrogens with zero attached hydrogens (tertiary/aromatic N) is 1. The standard InChI is InChI=1S/C20H18F3N3O4.ClH/c1-3-14(10-18(27)29-2)25-19(28)13-5-4-6-15(9-13)30-17-8-12(11-24)7-16(26-17)20(21,22)23;/h1,4-9,14H,10-11,24H2,2H3,(H,25,28);1H/t14-;/m0./s1. The van der Waals surface area contributed by atoms with Gasteiger partial charge in [0.15, 0.2) is 0 Å². The number of hydrogen-bond donors (Lipinski definition) is 2. The average Bonchev–Trinajstić information content (AvgIpc) is 2.72. The fraction of sp³-hybridized carbons (Fsp3) is 0.250. The minimum atomic E-state index is -4.67. The predicted molar refractivity (Wildman–Crippen MR) is 108 cm³/mol. The second-order valence-electron chi connectivity index (χ2n) is 6.00. The molecule has 1 atom stereocenters. The highest BCUT2D eigenvalue weighted by atomic mass is 35.5. The normalized spacial score (nSPS) is 11.5. The molecule has 7 nitrogen and oxygen atoms in total. The molecule has 166 valence electrons. The van der Waals surface area contributed by atoms with Gasteiger partial charge in [0, 0.05) is 18.2 Å². The summed E-state index contributed by atoms with van der Waals surface area (Å²) in [5, 5.41) is 2.47. The molecule has 0 aliphatic carbocycles. The van der Waals surface area contributed by atoms with E-state index in [9.17, 15) is 22.8 Å². The molecule has 2 aromatic rings. The summed E-state index contributed by atoms with van der Waals surface area (Å²) in [6.07, 6.45) is 0.414. The van der Waals surface area contributed by atoms with Gasteiger partial charge in [-0.1, -0.05) is 12.0 Å². The van der Waals surface area contributed by atoms with Gasteiger partial charge < -0.3 is 20.5 Å². The number of terminal acetylenes is 1. The van der Waals surface area contributed by atoms with Crippen LogP contribution >= 0.6 is 12.4 Å². The van der Waals surface area contributed by atoms with Gasteiger partial charge in [-0.25, -0.2) is 4.98 Å². The summed E-state index contributed by atoms with van der Waals surface area (Å²) in [6, 6.07) is 6.85. The second kappa shape index (κ2) is 11.2. The Kier molecular flexibility index (Phi) is 9.30. The molecule has 1 aromatic carbocycles. The van der Waals surface area contributed by atoms with Gasteiger partial charge in [-0.3, -0.25) is 9.59 Å². The highest BCUT2D eigenvalue weighted by Gasteiger charge is 2.33. The lowest BCUT2D eigenvalue weighted by Crippen LogP contribution is -2.35. The number of nitrogens with one attached hydrogen (secondary N) is 1. The first-order valence-electron chi connectivity index (χ1n) is 8.56. The molecule has 0 bridgehead atoms. The number of ether oxygens (including phenoxy) is 2. The summed E-state index contributed by atoms with van der Waals surface area (Å²) < 4.78 is 48.9. The number of aromatic nitrogens is 1. The van der Waals surface area contributed by atoms with Gasteiger partial charge in [-0.05, 0) is 29.8 Å². The van der Waals surface area contributed by atoms with Gasteiger partial charge in [0.2, 0.25) is 5.88 Å². The number of carbonyl (C=O) groups excluding carboxylic acids is 2. The predicted octanol–water partition coefficient (Wildman–Crippen LogP) is 3.07. The van der Waals surface area contributed by atoms with Crippen molar-refractivity contribution < 1.29 is 32.2 Å². The number of rotatable bonds is 7. The minimum Gasteiger partial charge on any atom is -0.469 e. The Morgan fingerprint density at radius 3 is 2.58 bits per heavy atom. The van der Waals surface area contributed by atoms with Gasteiger partial charge >= 0.3 is 12.1 Å². The van der Waals surface area contributed by atoms with E-state index >= 15 is 0 Å². The van der Waals surface area contributed by atoms with Crippen LogP contribution in [0.1, 0.15) is 28.0 Å². The zero-order valence-corrected chi connectivity index (χ0v) is 17.0. The molecule has 0 aliphatic heterocycles. The van der Waals surface area contributed by atoms with Crippen molar-refractivity contribution in [1.82, 2.24) is 10.3 Å². The average molecular weight is 458 g/mol. The quantitative estimate of drug-likeness (QED) is 0.489. The Morgan fingerprint density at radius 2 is 2.00 bits per heavy atom. The van der Waals surface area contributed by atoms with Crippen molar-refractivity contribution in [2.45, 2.75) is 25.2 Å². The summed E-state index contributed by atoms with van der Waals surface area (Å²) in [7, 11) is 1.19. The molecule has 0 saturated carbocycles. The number of methoxy groups -OCH3 is 1. The molecule has 0 spiro atoms. The lowest BCUT2D eigenvalue weighted by Gasteiger charge is -2.13. The summed E-state index contributed by atoms with van der Waals surface area (Å²) >= 11 is 0. The van der Waals surface area contributed by atoms with Gasteiger partial charge in [-0.15, -0.1) is 18.8 Å². The Morgan fingerprint density at radius 1 is 1.29 bits per heavy atom.